The van der Waals surface area contributed by atoms with Crippen molar-refractivity contribution in [3.8, 4) is 0 Å². The summed E-state index contributed by atoms with van der Waals surface area (Å²) >= 11 is 1.61. The minimum Gasteiger partial charge on any atom is -0.353 e. The van der Waals surface area contributed by atoms with Crippen molar-refractivity contribution in [1.82, 2.24) is 10.2 Å². The molecule has 0 radical (unpaired) electrons. The number of nitrogens with zero attached hydrogens (tertiary/aromatic N) is 1. The van der Waals surface area contributed by atoms with E-state index in [1.165, 1.54) is 5.56 Å². The number of aryl methyl sites for hydroxylation is 1. The molecule has 5 heteroatoms. The maximum Gasteiger partial charge on any atom is 0.254 e. The molecule has 0 unspecified atom stereocenters. The van der Waals surface area contributed by atoms with Crippen LogP contribution in [0.5, 0.6) is 0 Å². The van der Waals surface area contributed by atoms with E-state index in [1.54, 1.807) is 11.3 Å². The van der Waals surface area contributed by atoms with Crippen molar-refractivity contribution < 1.29 is 9.59 Å². The van der Waals surface area contributed by atoms with Gasteiger partial charge in [0.05, 0.1) is 12.0 Å². The van der Waals surface area contributed by atoms with Crippen molar-refractivity contribution in [3.63, 3.8) is 0 Å². The third kappa shape index (κ3) is 5.19. The lowest BCUT2D eigenvalue weighted by molar-refractivity contribution is -0.124. The largest absolute Gasteiger partial charge is 0.353 e. The van der Waals surface area contributed by atoms with Crippen molar-refractivity contribution in [2.45, 2.75) is 51.6 Å². The molecule has 172 valence electrons. The first kappa shape index (κ1) is 23.2. The molecular weight excluding hydrogens is 428 g/mol. The number of nitrogens with one attached hydrogen (secondary N) is 1. The lowest BCUT2D eigenvalue weighted by Crippen LogP contribution is -2.49. The molecule has 0 bridgehead atoms. The first-order valence-corrected chi connectivity index (χ1v) is 12.6. The van der Waals surface area contributed by atoms with E-state index in [0.29, 0.717) is 18.0 Å². The number of rotatable bonds is 8. The zero-order valence-corrected chi connectivity index (χ0v) is 20.3. The van der Waals surface area contributed by atoms with Crippen LogP contribution in [0.2, 0.25) is 0 Å². The second-order valence-corrected chi connectivity index (χ2v) is 10.3. The number of thiophene rings is 1. The highest BCUT2D eigenvalue weighted by Gasteiger charge is 2.44. The van der Waals surface area contributed by atoms with Crippen LogP contribution in [0, 0.1) is 5.92 Å². The predicted octanol–water partition coefficient (Wildman–Crippen LogP) is 5.82. The van der Waals surface area contributed by atoms with Crippen molar-refractivity contribution in [3.05, 3.63) is 93.7 Å². The monoisotopic (exact) mass is 460 g/mol. The second kappa shape index (κ2) is 10.3. The van der Waals surface area contributed by atoms with E-state index in [0.717, 1.165) is 23.3 Å². The smallest absolute Gasteiger partial charge is 0.254 e. The second-order valence-electron chi connectivity index (χ2n) is 9.31. The molecular formula is C28H32N2O2S. The number of hydrogen-bond acceptors (Lipinski definition) is 3. The van der Waals surface area contributed by atoms with E-state index in [4.69, 9.17) is 0 Å². The van der Waals surface area contributed by atoms with Crippen LogP contribution in [-0.2, 0) is 11.2 Å². The SMILES string of the molecule is CC(C)CN1C(=O)c2ccccc2[C@H](C(=O)N[C@H](C)CCc2ccccc2)[C@H]1c1cccs1. The highest BCUT2D eigenvalue weighted by atomic mass is 32.1. The van der Waals surface area contributed by atoms with Gasteiger partial charge in [0.25, 0.3) is 5.91 Å². The number of amides is 2. The molecule has 2 heterocycles. The maximum atomic E-state index is 13.8. The topological polar surface area (TPSA) is 49.4 Å². The van der Waals surface area contributed by atoms with Gasteiger partial charge < -0.3 is 10.2 Å². The first-order chi connectivity index (χ1) is 16.0. The van der Waals surface area contributed by atoms with E-state index in [-0.39, 0.29) is 23.9 Å². The Morgan fingerprint density at radius 3 is 2.42 bits per heavy atom. The van der Waals surface area contributed by atoms with Crippen LogP contribution in [-0.4, -0.2) is 29.3 Å². The summed E-state index contributed by atoms with van der Waals surface area (Å²) in [7, 11) is 0. The minimum absolute atomic E-state index is 0.0114. The quantitative estimate of drug-likeness (QED) is 0.460. The summed E-state index contributed by atoms with van der Waals surface area (Å²) < 4.78 is 0. The molecule has 2 amide bonds. The molecule has 2 aromatic carbocycles. The molecule has 0 saturated carbocycles. The standard InChI is InChI=1S/C28H32N2O2S/c1-19(2)18-30-26(24-14-9-17-33-24)25(22-12-7-8-13-23(22)28(30)32)27(31)29-20(3)15-16-21-10-5-4-6-11-21/h4-14,17,19-20,25-26H,15-16,18H2,1-3H3,(H,29,31)/t20-,25+,26-/m1/s1. The Morgan fingerprint density at radius 1 is 1.00 bits per heavy atom. The predicted molar refractivity (Wildman–Crippen MR) is 134 cm³/mol. The van der Waals surface area contributed by atoms with E-state index < -0.39 is 5.92 Å². The molecule has 4 rings (SSSR count). The molecule has 33 heavy (non-hydrogen) atoms. The van der Waals surface area contributed by atoms with Gasteiger partial charge in [0.1, 0.15) is 0 Å². The number of benzene rings is 2. The Labute approximate surface area is 200 Å². The molecule has 1 N–H and O–H groups in total. The van der Waals surface area contributed by atoms with Crippen LogP contribution in [0.25, 0.3) is 0 Å². The molecule has 0 aliphatic carbocycles. The molecule has 0 fully saturated rings. The Bertz CT molecular complexity index is 1080. The van der Waals surface area contributed by atoms with Gasteiger partial charge in [0.2, 0.25) is 5.91 Å². The summed E-state index contributed by atoms with van der Waals surface area (Å²) in [6.07, 6.45) is 1.78. The van der Waals surface area contributed by atoms with Gasteiger partial charge >= 0.3 is 0 Å². The van der Waals surface area contributed by atoms with E-state index in [9.17, 15) is 9.59 Å². The van der Waals surface area contributed by atoms with Gasteiger partial charge in [-0.2, -0.15) is 0 Å². The normalized spacial score (nSPS) is 18.8. The Balaban J connectivity index is 1.63. The lowest BCUT2D eigenvalue weighted by atomic mass is 9.81. The van der Waals surface area contributed by atoms with Crippen LogP contribution in [0.15, 0.2) is 72.1 Å². The molecule has 1 aliphatic rings. The molecule has 4 nitrogen and oxygen atoms in total. The van der Waals surface area contributed by atoms with Gasteiger partial charge in [0, 0.05) is 23.0 Å². The fourth-order valence-electron chi connectivity index (χ4n) is 4.68. The van der Waals surface area contributed by atoms with Crippen LogP contribution in [0.3, 0.4) is 0 Å². The first-order valence-electron chi connectivity index (χ1n) is 11.7. The van der Waals surface area contributed by atoms with E-state index in [2.05, 4.69) is 38.2 Å². The van der Waals surface area contributed by atoms with Crippen molar-refractivity contribution >= 4 is 23.2 Å². The number of carbonyl (C=O) groups is 2. The van der Waals surface area contributed by atoms with Crippen molar-refractivity contribution in [2.75, 3.05) is 6.54 Å². The highest BCUT2D eigenvalue weighted by molar-refractivity contribution is 7.10. The van der Waals surface area contributed by atoms with Crippen molar-refractivity contribution in [2.24, 2.45) is 5.92 Å². The zero-order chi connectivity index (χ0) is 23.4. The Kier molecular flexibility index (Phi) is 7.29. The molecule has 1 aromatic heterocycles. The molecule has 0 spiro atoms. The van der Waals surface area contributed by atoms with Crippen LogP contribution < -0.4 is 5.32 Å². The summed E-state index contributed by atoms with van der Waals surface area (Å²) in [4.78, 5) is 30.3. The molecule has 0 saturated heterocycles. The summed E-state index contributed by atoms with van der Waals surface area (Å²) in [6, 6.07) is 21.7. The lowest BCUT2D eigenvalue weighted by Gasteiger charge is -2.42. The van der Waals surface area contributed by atoms with E-state index >= 15 is 0 Å². The van der Waals surface area contributed by atoms with E-state index in [1.807, 2.05) is 64.9 Å². The fourth-order valence-corrected chi connectivity index (χ4v) is 5.55. The van der Waals surface area contributed by atoms with Gasteiger partial charge in [0.15, 0.2) is 0 Å². The Morgan fingerprint density at radius 2 is 1.73 bits per heavy atom. The van der Waals surface area contributed by atoms with Crippen LogP contribution in [0.4, 0.5) is 0 Å². The average Bonchev–Trinajstić information content (AvgIpc) is 3.34. The number of carbonyl (C=O) groups excluding carboxylic acids is 2. The third-order valence-corrected chi connectivity index (χ3v) is 7.16. The highest BCUT2D eigenvalue weighted by Crippen LogP contribution is 2.44. The summed E-state index contributed by atoms with van der Waals surface area (Å²) in [5, 5.41) is 5.29. The van der Waals surface area contributed by atoms with Gasteiger partial charge in [-0.15, -0.1) is 11.3 Å². The Hall–Kier alpha value is -2.92. The summed E-state index contributed by atoms with van der Waals surface area (Å²) in [5.74, 6) is -0.132. The average molecular weight is 461 g/mol. The molecule has 3 atom stereocenters. The maximum absolute atomic E-state index is 13.8. The van der Waals surface area contributed by atoms with Crippen molar-refractivity contribution in [1.29, 1.82) is 0 Å². The summed E-state index contributed by atoms with van der Waals surface area (Å²) in [6.45, 7) is 6.90. The van der Waals surface area contributed by atoms with Gasteiger partial charge in [-0.1, -0.05) is 68.4 Å². The third-order valence-electron chi connectivity index (χ3n) is 6.22. The molecule has 1 aliphatic heterocycles. The minimum atomic E-state index is -0.435. The number of hydrogen-bond donors (Lipinski definition) is 1. The zero-order valence-electron chi connectivity index (χ0n) is 19.5. The van der Waals surface area contributed by atoms with Gasteiger partial charge in [-0.05, 0) is 54.3 Å². The van der Waals surface area contributed by atoms with Crippen LogP contribution >= 0.6 is 11.3 Å². The number of fused-ring (bicyclic) bond motifs is 1. The molecule has 3 aromatic rings. The van der Waals surface area contributed by atoms with Crippen LogP contribution in [0.1, 0.15) is 65.5 Å². The summed E-state index contributed by atoms with van der Waals surface area (Å²) in [5.41, 5.74) is 2.74. The van der Waals surface area contributed by atoms with Gasteiger partial charge in [-0.3, -0.25) is 9.59 Å². The van der Waals surface area contributed by atoms with Gasteiger partial charge in [-0.25, -0.2) is 0 Å². The fraction of sp³-hybridized carbons (Fsp3) is 0.357.